The molecule has 0 saturated carbocycles. The summed E-state index contributed by atoms with van der Waals surface area (Å²) in [6.07, 6.45) is 1.91. The van der Waals surface area contributed by atoms with E-state index in [1.807, 2.05) is 13.1 Å². The molecule has 1 aromatic rings. The third kappa shape index (κ3) is 5.21. The van der Waals surface area contributed by atoms with Gasteiger partial charge in [-0.1, -0.05) is 26.0 Å². The zero-order valence-electron chi connectivity index (χ0n) is 12.0. The van der Waals surface area contributed by atoms with E-state index in [0.717, 1.165) is 38.0 Å². The molecular formula is C15H24BrFN2. The zero-order valence-corrected chi connectivity index (χ0v) is 13.6. The SMILES string of the molecule is CCN(CC)CCC(Cc1cccc(F)c1Br)NC. The van der Waals surface area contributed by atoms with Gasteiger partial charge < -0.3 is 10.2 Å². The highest BCUT2D eigenvalue weighted by atomic mass is 79.9. The molecule has 0 saturated heterocycles. The van der Waals surface area contributed by atoms with Gasteiger partial charge in [0.1, 0.15) is 5.82 Å². The summed E-state index contributed by atoms with van der Waals surface area (Å²) >= 11 is 3.33. The smallest absolute Gasteiger partial charge is 0.137 e. The first kappa shape index (κ1) is 16.6. The molecule has 19 heavy (non-hydrogen) atoms. The second-order valence-electron chi connectivity index (χ2n) is 4.72. The second-order valence-corrected chi connectivity index (χ2v) is 5.51. The number of hydrogen-bond acceptors (Lipinski definition) is 2. The maximum Gasteiger partial charge on any atom is 0.137 e. The summed E-state index contributed by atoms with van der Waals surface area (Å²) in [6.45, 7) is 7.60. The number of nitrogens with one attached hydrogen (secondary N) is 1. The van der Waals surface area contributed by atoms with Crippen molar-refractivity contribution < 1.29 is 4.39 Å². The fourth-order valence-corrected chi connectivity index (χ4v) is 2.62. The van der Waals surface area contributed by atoms with Gasteiger partial charge in [0.25, 0.3) is 0 Å². The highest BCUT2D eigenvalue weighted by molar-refractivity contribution is 9.10. The maximum absolute atomic E-state index is 13.5. The van der Waals surface area contributed by atoms with Crippen molar-refractivity contribution >= 4 is 15.9 Å². The Hall–Kier alpha value is -0.450. The van der Waals surface area contributed by atoms with Crippen LogP contribution >= 0.6 is 15.9 Å². The molecule has 0 bridgehead atoms. The molecule has 1 aromatic carbocycles. The van der Waals surface area contributed by atoms with Gasteiger partial charge in [-0.2, -0.15) is 0 Å². The van der Waals surface area contributed by atoms with Gasteiger partial charge >= 0.3 is 0 Å². The van der Waals surface area contributed by atoms with Crippen molar-refractivity contribution in [2.24, 2.45) is 0 Å². The normalized spacial score (nSPS) is 12.9. The van der Waals surface area contributed by atoms with Crippen molar-refractivity contribution in [1.82, 2.24) is 10.2 Å². The molecular weight excluding hydrogens is 307 g/mol. The Morgan fingerprint density at radius 2 is 2.00 bits per heavy atom. The van der Waals surface area contributed by atoms with Crippen LogP contribution in [-0.2, 0) is 6.42 Å². The summed E-state index contributed by atoms with van der Waals surface area (Å²) in [5, 5.41) is 3.33. The van der Waals surface area contributed by atoms with Crippen LogP contribution in [0.2, 0.25) is 0 Å². The number of benzene rings is 1. The lowest BCUT2D eigenvalue weighted by Crippen LogP contribution is -2.34. The van der Waals surface area contributed by atoms with Gasteiger partial charge in [-0.3, -0.25) is 0 Å². The Morgan fingerprint density at radius 1 is 1.32 bits per heavy atom. The molecule has 108 valence electrons. The summed E-state index contributed by atoms with van der Waals surface area (Å²) in [5.41, 5.74) is 1.03. The molecule has 0 radical (unpaired) electrons. The van der Waals surface area contributed by atoms with Crippen LogP contribution in [0.15, 0.2) is 22.7 Å². The van der Waals surface area contributed by atoms with Crippen LogP contribution in [0.5, 0.6) is 0 Å². The molecule has 0 aliphatic heterocycles. The van der Waals surface area contributed by atoms with Crippen molar-refractivity contribution in [3.8, 4) is 0 Å². The average Bonchev–Trinajstić information content (AvgIpc) is 2.43. The lowest BCUT2D eigenvalue weighted by atomic mass is 10.0. The third-order valence-electron chi connectivity index (χ3n) is 3.59. The molecule has 0 spiro atoms. The first-order valence-electron chi connectivity index (χ1n) is 6.94. The molecule has 0 aromatic heterocycles. The van der Waals surface area contributed by atoms with Crippen molar-refractivity contribution in [3.63, 3.8) is 0 Å². The van der Waals surface area contributed by atoms with E-state index in [2.05, 4.69) is 40.0 Å². The van der Waals surface area contributed by atoms with Crippen LogP contribution in [0, 0.1) is 5.82 Å². The number of likely N-dealkylation sites (N-methyl/N-ethyl adjacent to an activating group) is 1. The number of rotatable bonds is 8. The molecule has 0 amide bonds. The summed E-state index contributed by atoms with van der Waals surface area (Å²) in [5.74, 6) is -0.184. The van der Waals surface area contributed by atoms with E-state index in [0.29, 0.717) is 10.5 Å². The van der Waals surface area contributed by atoms with E-state index in [4.69, 9.17) is 0 Å². The Balaban J connectivity index is 2.59. The molecule has 0 heterocycles. The first-order chi connectivity index (χ1) is 9.12. The average molecular weight is 331 g/mol. The molecule has 0 aliphatic rings. The van der Waals surface area contributed by atoms with Crippen molar-refractivity contribution in [2.75, 3.05) is 26.7 Å². The molecule has 1 unspecified atom stereocenters. The van der Waals surface area contributed by atoms with Crippen LogP contribution in [0.4, 0.5) is 4.39 Å². The first-order valence-corrected chi connectivity index (χ1v) is 7.74. The Labute approximate surface area is 124 Å². The molecule has 1 N–H and O–H groups in total. The van der Waals surface area contributed by atoms with Gasteiger partial charge in [-0.15, -0.1) is 0 Å². The largest absolute Gasteiger partial charge is 0.317 e. The fraction of sp³-hybridized carbons (Fsp3) is 0.600. The van der Waals surface area contributed by atoms with Crippen LogP contribution in [-0.4, -0.2) is 37.6 Å². The van der Waals surface area contributed by atoms with Crippen LogP contribution in [0.25, 0.3) is 0 Å². The monoisotopic (exact) mass is 330 g/mol. The molecule has 4 heteroatoms. The summed E-state index contributed by atoms with van der Waals surface area (Å²) in [4.78, 5) is 2.41. The summed E-state index contributed by atoms with van der Waals surface area (Å²) < 4.78 is 14.1. The lowest BCUT2D eigenvalue weighted by molar-refractivity contribution is 0.283. The highest BCUT2D eigenvalue weighted by Gasteiger charge is 2.12. The second kappa shape index (κ2) is 8.67. The van der Waals surface area contributed by atoms with Crippen LogP contribution < -0.4 is 5.32 Å². The Kier molecular flexibility index (Phi) is 7.57. The van der Waals surface area contributed by atoms with Gasteiger partial charge in [0.2, 0.25) is 0 Å². The van der Waals surface area contributed by atoms with Crippen molar-refractivity contribution in [3.05, 3.63) is 34.1 Å². The highest BCUT2D eigenvalue weighted by Crippen LogP contribution is 2.22. The number of halogens is 2. The van der Waals surface area contributed by atoms with Crippen molar-refractivity contribution in [1.29, 1.82) is 0 Å². The summed E-state index contributed by atoms with van der Waals surface area (Å²) in [7, 11) is 1.97. The van der Waals surface area contributed by atoms with E-state index in [1.165, 1.54) is 6.07 Å². The van der Waals surface area contributed by atoms with Crippen LogP contribution in [0.3, 0.4) is 0 Å². The Morgan fingerprint density at radius 3 is 2.58 bits per heavy atom. The molecule has 1 atom stereocenters. The topological polar surface area (TPSA) is 15.3 Å². The fourth-order valence-electron chi connectivity index (χ4n) is 2.20. The van der Waals surface area contributed by atoms with Gasteiger partial charge in [-0.05, 0) is 67.1 Å². The van der Waals surface area contributed by atoms with E-state index >= 15 is 0 Å². The van der Waals surface area contributed by atoms with Gasteiger partial charge in [0, 0.05) is 6.04 Å². The van der Waals surface area contributed by atoms with E-state index in [1.54, 1.807) is 6.07 Å². The number of hydrogen-bond donors (Lipinski definition) is 1. The standard InChI is InChI=1S/C15H24BrFN2/c1-4-19(5-2)10-9-13(18-3)11-12-7-6-8-14(17)15(12)16/h6-8,13,18H,4-5,9-11H2,1-3H3. The minimum absolute atomic E-state index is 0.184. The number of nitrogens with zero attached hydrogens (tertiary/aromatic N) is 1. The Bertz CT molecular complexity index is 380. The quantitative estimate of drug-likeness (QED) is 0.785. The van der Waals surface area contributed by atoms with E-state index < -0.39 is 0 Å². The molecule has 0 fully saturated rings. The minimum atomic E-state index is -0.184. The van der Waals surface area contributed by atoms with Crippen LogP contribution in [0.1, 0.15) is 25.8 Å². The molecule has 1 rings (SSSR count). The summed E-state index contributed by atoms with van der Waals surface area (Å²) in [6, 6.07) is 5.61. The maximum atomic E-state index is 13.5. The van der Waals surface area contributed by atoms with Gasteiger partial charge in [0.15, 0.2) is 0 Å². The van der Waals surface area contributed by atoms with Crippen molar-refractivity contribution in [2.45, 2.75) is 32.7 Å². The predicted molar refractivity (Wildman–Crippen MR) is 83.1 cm³/mol. The van der Waals surface area contributed by atoms with E-state index in [-0.39, 0.29) is 5.82 Å². The zero-order chi connectivity index (χ0) is 14.3. The van der Waals surface area contributed by atoms with Gasteiger partial charge in [-0.25, -0.2) is 4.39 Å². The van der Waals surface area contributed by atoms with E-state index in [9.17, 15) is 4.39 Å². The molecule has 0 aliphatic carbocycles. The predicted octanol–water partition coefficient (Wildman–Crippen LogP) is 3.45. The van der Waals surface area contributed by atoms with Gasteiger partial charge in [0.05, 0.1) is 4.47 Å². The minimum Gasteiger partial charge on any atom is -0.317 e. The third-order valence-corrected chi connectivity index (χ3v) is 4.48. The lowest BCUT2D eigenvalue weighted by Gasteiger charge is -2.23. The molecule has 2 nitrogen and oxygen atoms in total.